The van der Waals surface area contributed by atoms with Crippen LogP contribution in [0.5, 0.6) is 5.75 Å². The summed E-state index contributed by atoms with van der Waals surface area (Å²) in [6.45, 7) is 0.751. The smallest absolute Gasteiger partial charge is 0.184 e. The number of nitrogens with zero attached hydrogens (tertiary/aromatic N) is 2. The van der Waals surface area contributed by atoms with Gasteiger partial charge in [0.1, 0.15) is 5.82 Å². The predicted molar refractivity (Wildman–Crippen MR) is 79.1 cm³/mol. The first-order chi connectivity index (χ1) is 9.96. The molecule has 1 atom stereocenters. The van der Waals surface area contributed by atoms with Gasteiger partial charge in [0, 0.05) is 17.5 Å². The summed E-state index contributed by atoms with van der Waals surface area (Å²) in [6, 6.07) is 1.88. The molecule has 2 saturated carbocycles. The van der Waals surface area contributed by atoms with E-state index < -0.39 is 11.2 Å². The Morgan fingerprint density at radius 3 is 2.62 bits per heavy atom. The fourth-order valence-corrected chi connectivity index (χ4v) is 3.55. The summed E-state index contributed by atoms with van der Waals surface area (Å²) >= 11 is 0. The maximum atomic E-state index is 14.6. The van der Waals surface area contributed by atoms with E-state index in [1.54, 1.807) is 7.11 Å². The summed E-state index contributed by atoms with van der Waals surface area (Å²) in [5, 5.41) is 0. The zero-order valence-electron chi connectivity index (χ0n) is 12.2. The molecular formula is C15H21FN4O. The van der Waals surface area contributed by atoms with Crippen molar-refractivity contribution in [1.82, 2.24) is 4.98 Å². The molecule has 114 valence electrons. The van der Waals surface area contributed by atoms with Crippen molar-refractivity contribution in [2.45, 2.75) is 37.4 Å². The highest BCUT2D eigenvalue weighted by Crippen LogP contribution is 2.59. The van der Waals surface area contributed by atoms with E-state index in [2.05, 4.69) is 4.98 Å². The standard InChI is InChI=1S/C15H21FN4O/c1-21-12-10(9-2-3-9)6-11(17)19-13(12)20-7-14(4-5-14)15(16,18)8-20/h6,9H,2-5,7-8,18H2,1H3,(H2,17,19). The third-order valence-corrected chi connectivity index (χ3v) is 5.17. The van der Waals surface area contributed by atoms with Crippen LogP contribution in [0.25, 0.3) is 0 Å². The molecule has 0 radical (unpaired) electrons. The van der Waals surface area contributed by atoms with Crippen LogP contribution in [-0.4, -0.2) is 31.0 Å². The normalized spacial score (nSPS) is 30.0. The van der Waals surface area contributed by atoms with E-state index in [9.17, 15) is 4.39 Å². The number of pyridine rings is 1. The first-order valence-electron chi connectivity index (χ1n) is 7.53. The fraction of sp³-hybridized carbons (Fsp3) is 0.667. The van der Waals surface area contributed by atoms with Crippen molar-refractivity contribution in [3.8, 4) is 5.75 Å². The molecule has 2 heterocycles. The van der Waals surface area contributed by atoms with Crippen molar-refractivity contribution in [2.75, 3.05) is 30.8 Å². The number of methoxy groups -OCH3 is 1. The molecular weight excluding hydrogens is 271 g/mol. The average molecular weight is 292 g/mol. The Labute approximate surface area is 123 Å². The van der Waals surface area contributed by atoms with Gasteiger partial charge >= 0.3 is 0 Å². The molecule has 1 aromatic rings. The van der Waals surface area contributed by atoms with Crippen molar-refractivity contribution in [3.63, 3.8) is 0 Å². The van der Waals surface area contributed by atoms with Crippen LogP contribution in [0.1, 0.15) is 37.2 Å². The maximum Gasteiger partial charge on any atom is 0.184 e. The first-order valence-corrected chi connectivity index (χ1v) is 7.53. The molecule has 0 bridgehead atoms. The molecule has 1 aromatic heterocycles. The fourth-order valence-electron chi connectivity index (χ4n) is 3.55. The van der Waals surface area contributed by atoms with Gasteiger partial charge in [-0.2, -0.15) is 0 Å². The molecule has 4 N–H and O–H groups in total. The van der Waals surface area contributed by atoms with Gasteiger partial charge in [-0.25, -0.2) is 9.37 Å². The van der Waals surface area contributed by atoms with E-state index in [1.807, 2.05) is 11.0 Å². The van der Waals surface area contributed by atoms with Crippen LogP contribution in [0.4, 0.5) is 16.0 Å². The lowest BCUT2D eigenvalue weighted by Crippen LogP contribution is -2.44. The molecule has 0 amide bonds. The summed E-state index contributed by atoms with van der Waals surface area (Å²) in [6.07, 6.45) is 3.98. The number of nitrogens with two attached hydrogens (primary N) is 2. The lowest BCUT2D eigenvalue weighted by atomic mass is 9.99. The Hall–Kier alpha value is -1.56. The maximum absolute atomic E-state index is 14.6. The molecule has 5 nitrogen and oxygen atoms in total. The van der Waals surface area contributed by atoms with Crippen LogP contribution >= 0.6 is 0 Å². The molecule has 1 saturated heterocycles. The van der Waals surface area contributed by atoms with Gasteiger partial charge in [-0.1, -0.05) is 0 Å². The van der Waals surface area contributed by atoms with E-state index in [0.717, 1.165) is 37.0 Å². The topological polar surface area (TPSA) is 77.4 Å². The molecule has 4 rings (SSSR count). The molecule has 3 fully saturated rings. The molecule has 21 heavy (non-hydrogen) atoms. The number of halogens is 1. The van der Waals surface area contributed by atoms with E-state index in [-0.39, 0.29) is 6.54 Å². The van der Waals surface area contributed by atoms with Crippen LogP contribution < -0.4 is 21.1 Å². The van der Waals surface area contributed by atoms with Gasteiger partial charge in [0.25, 0.3) is 0 Å². The van der Waals surface area contributed by atoms with Crippen molar-refractivity contribution < 1.29 is 9.13 Å². The number of anilines is 2. The number of rotatable bonds is 3. The zero-order chi connectivity index (χ0) is 14.8. The second-order valence-electron chi connectivity index (χ2n) is 6.77. The van der Waals surface area contributed by atoms with Gasteiger partial charge in [-0.15, -0.1) is 0 Å². The summed E-state index contributed by atoms with van der Waals surface area (Å²) in [4.78, 5) is 6.32. The van der Waals surface area contributed by atoms with Gasteiger partial charge in [-0.3, -0.25) is 5.73 Å². The number of ether oxygens (including phenoxy) is 1. The van der Waals surface area contributed by atoms with Gasteiger partial charge in [0.15, 0.2) is 17.4 Å². The van der Waals surface area contributed by atoms with Crippen LogP contribution in [0.3, 0.4) is 0 Å². The number of alkyl halides is 1. The van der Waals surface area contributed by atoms with Gasteiger partial charge in [0.2, 0.25) is 0 Å². The van der Waals surface area contributed by atoms with Crippen molar-refractivity contribution in [2.24, 2.45) is 11.1 Å². The minimum atomic E-state index is -1.65. The first kappa shape index (κ1) is 13.1. The number of nitrogen functional groups attached to an aromatic ring is 1. The Balaban J connectivity index is 1.75. The zero-order valence-corrected chi connectivity index (χ0v) is 12.2. The number of aromatic nitrogens is 1. The number of hydrogen-bond donors (Lipinski definition) is 2. The van der Waals surface area contributed by atoms with Gasteiger partial charge < -0.3 is 15.4 Å². The van der Waals surface area contributed by atoms with E-state index in [0.29, 0.717) is 24.1 Å². The van der Waals surface area contributed by atoms with E-state index >= 15 is 0 Å². The monoisotopic (exact) mass is 292 g/mol. The SMILES string of the molecule is COc1c(C2CC2)cc(N)nc1N1CC(N)(F)C2(CC2)C1. The van der Waals surface area contributed by atoms with E-state index in [4.69, 9.17) is 16.2 Å². The van der Waals surface area contributed by atoms with Crippen LogP contribution in [0, 0.1) is 5.41 Å². The number of hydrogen-bond acceptors (Lipinski definition) is 5. The van der Waals surface area contributed by atoms with Crippen LogP contribution in [0.2, 0.25) is 0 Å². The summed E-state index contributed by atoms with van der Waals surface area (Å²) in [7, 11) is 1.64. The summed E-state index contributed by atoms with van der Waals surface area (Å²) in [5.74, 6) is 0.695. The largest absolute Gasteiger partial charge is 0.493 e. The van der Waals surface area contributed by atoms with Crippen molar-refractivity contribution >= 4 is 11.6 Å². The van der Waals surface area contributed by atoms with Crippen molar-refractivity contribution in [1.29, 1.82) is 0 Å². The lowest BCUT2D eigenvalue weighted by Gasteiger charge is -2.22. The Morgan fingerprint density at radius 2 is 2.10 bits per heavy atom. The minimum absolute atomic E-state index is 0.157. The van der Waals surface area contributed by atoms with Crippen LogP contribution in [-0.2, 0) is 0 Å². The van der Waals surface area contributed by atoms with Crippen molar-refractivity contribution in [3.05, 3.63) is 11.6 Å². The Morgan fingerprint density at radius 1 is 1.38 bits per heavy atom. The van der Waals surface area contributed by atoms with E-state index in [1.165, 1.54) is 0 Å². The molecule has 0 aromatic carbocycles. The molecule has 2 aliphatic carbocycles. The highest BCUT2D eigenvalue weighted by Gasteiger charge is 2.64. The van der Waals surface area contributed by atoms with Gasteiger partial charge in [-0.05, 0) is 37.7 Å². The molecule has 1 unspecified atom stereocenters. The predicted octanol–water partition coefficient (Wildman–Crippen LogP) is 1.77. The second-order valence-corrected chi connectivity index (χ2v) is 6.77. The molecule has 1 spiro atoms. The Bertz CT molecular complexity index is 590. The summed E-state index contributed by atoms with van der Waals surface area (Å²) < 4.78 is 20.2. The summed E-state index contributed by atoms with van der Waals surface area (Å²) in [5.41, 5.74) is 12.5. The highest BCUT2D eigenvalue weighted by molar-refractivity contribution is 5.63. The van der Waals surface area contributed by atoms with Gasteiger partial charge in [0.05, 0.1) is 13.7 Å². The third-order valence-electron chi connectivity index (χ3n) is 5.17. The minimum Gasteiger partial charge on any atom is -0.493 e. The third kappa shape index (κ3) is 1.88. The molecule has 1 aliphatic heterocycles. The molecule has 3 aliphatic rings. The second kappa shape index (κ2) is 4.00. The lowest BCUT2D eigenvalue weighted by molar-refractivity contribution is 0.122. The molecule has 6 heteroatoms. The van der Waals surface area contributed by atoms with Crippen LogP contribution in [0.15, 0.2) is 6.07 Å². The Kier molecular flexibility index (Phi) is 2.50. The average Bonchev–Trinajstić information content (AvgIpc) is 3.30. The quantitative estimate of drug-likeness (QED) is 0.830. The highest BCUT2D eigenvalue weighted by atomic mass is 19.1.